The fraction of sp³-hybridized carbons (Fsp3) is 0.500. The molecule has 0 bridgehead atoms. The molecule has 1 heterocycles. The molecule has 2 rings (SSSR count). The molecular weight excluding hydrogens is 140 g/mol. The summed E-state index contributed by atoms with van der Waals surface area (Å²) in [6, 6.07) is 1.64. The molecule has 58 valence electrons. The number of rotatable bonds is 1. The van der Waals surface area contributed by atoms with Crippen molar-refractivity contribution in [1.82, 2.24) is 10.2 Å². The summed E-state index contributed by atoms with van der Waals surface area (Å²) in [6.07, 6.45) is 4.10. The second-order valence-electron chi connectivity index (χ2n) is 3.39. The van der Waals surface area contributed by atoms with Gasteiger partial charge in [0.1, 0.15) is 0 Å². The van der Waals surface area contributed by atoms with Gasteiger partial charge in [-0.15, -0.1) is 0 Å². The number of aromatic nitrogens is 2. The van der Waals surface area contributed by atoms with Crippen LogP contribution in [0.5, 0.6) is 0 Å². The average molecular weight is 150 g/mol. The van der Waals surface area contributed by atoms with E-state index in [0.29, 0.717) is 0 Å². The Labute approximate surface area is 64.5 Å². The largest absolute Gasteiger partial charge is 0.268 e. The monoisotopic (exact) mass is 150 g/mol. The van der Waals surface area contributed by atoms with Crippen molar-refractivity contribution in [3.05, 3.63) is 28.2 Å². The molecule has 1 saturated carbocycles. The quantitative estimate of drug-likeness (QED) is 0.644. The van der Waals surface area contributed by atoms with Crippen LogP contribution in [-0.4, -0.2) is 10.2 Å². The van der Waals surface area contributed by atoms with Crippen LogP contribution in [0, 0.1) is 0 Å². The average Bonchev–Trinajstić information content (AvgIpc) is 2.70. The third-order valence-corrected chi connectivity index (χ3v) is 2.36. The van der Waals surface area contributed by atoms with Crippen molar-refractivity contribution in [2.75, 3.05) is 0 Å². The van der Waals surface area contributed by atoms with Crippen molar-refractivity contribution in [2.24, 2.45) is 0 Å². The number of H-pyrrole nitrogens is 1. The molecule has 1 N–H and O–H groups in total. The maximum atomic E-state index is 10.8. The number of nitrogens with zero attached hydrogens (tertiary/aromatic N) is 1. The summed E-state index contributed by atoms with van der Waals surface area (Å²) < 4.78 is 0. The highest BCUT2D eigenvalue weighted by Gasteiger charge is 2.39. The van der Waals surface area contributed by atoms with Gasteiger partial charge in [-0.3, -0.25) is 4.79 Å². The normalized spacial score (nSPS) is 19.7. The molecule has 3 nitrogen and oxygen atoms in total. The van der Waals surface area contributed by atoms with Crippen LogP contribution in [0.15, 0.2) is 17.1 Å². The van der Waals surface area contributed by atoms with Crippen molar-refractivity contribution in [3.8, 4) is 0 Å². The summed E-state index contributed by atoms with van der Waals surface area (Å²) in [5, 5.41) is 6.12. The van der Waals surface area contributed by atoms with Crippen LogP contribution in [0.1, 0.15) is 25.3 Å². The van der Waals surface area contributed by atoms with E-state index in [2.05, 4.69) is 17.1 Å². The second-order valence-corrected chi connectivity index (χ2v) is 3.39. The maximum Gasteiger partial charge on any atom is 0.264 e. The minimum Gasteiger partial charge on any atom is -0.268 e. The van der Waals surface area contributed by atoms with Gasteiger partial charge in [0.05, 0.1) is 6.20 Å². The molecule has 0 radical (unpaired) electrons. The molecule has 1 fully saturated rings. The van der Waals surface area contributed by atoms with Crippen molar-refractivity contribution in [2.45, 2.75) is 25.2 Å². The smallest absolute Gasteiger partial charge is 0.264 e. The van der Waals surface area contributed by atoms with Crippen LogP contribution in [-0.2, 0) is 5.41 Å². The van der Waals surface area contributed by atoms with Crippen LogP contribution < -0.4 is 5.56 Å². The number of hydrogen-bond donors (Lipinski definition) is 1. The molecule has 0 aromatic carbocycles. The second kappa shape index (κ2) is 1.94. The third-order valence-electron chi connectivity index (χ3n) is 2.36. The van der Waals surface area contributed by atoms with E-state index in [9.17, 15) is 4.79 Å². The summed E-state index contributed by atoms with van der Waals surface area (Å²) in [5.74, 6) is 0. The molecule has 0 spiro atoms. The molecule has 1 aliphatic rings. The molecule has 1 aliphatic carbocycles. The zero-order valence-electron chi connectivity index (χ0n) is 6.42. The Bertz CT molecular complexity index is 325. The maximum absolute atomic E-state index is 10.8. The van der Waals surface area contributed by atoms with Gasteiger partial charge in [-0.25, -0.2) is 5.10 Å². The van der Waals surface area contributed by atoms with Gasteiger partial charge in [0.2, 0.25) is 0 Å². The van der Waals surface area contributed by atoms with E-state index in [1.165, 1.54) is 12.8 Å². The summed E-state index contributed by atoms with van der Waals surface area (Å²) in [7, 11) is 0. The molecule has 0 unspecified atom stereocenters. The Morgan fingerprint density at radius 3 is 2.91 bits per heavy atom. The summed E-state index contributed by atoms with van der Waals surface area (Å²) in [6.45, 7) is 2.16. The Morgan fingerprint density at radius 2 is 2.36 bits per heavy atom. The van der Waals surface area contributed by atoms with Crippen LogP contribution in [0.25, 0.3) is 0 Å². The lowest BCUT2D eigenvalue weighted by atomic mass is 10.0. The number of hydrogen-bond acceptors (Lipinski definition) is 2. The zero-order valence-corrected chi connectivity index (χ0v) is 6.42. The minimum absolute atomic E-state index is 0.101. The van der Waals surface area contributed by atoms with Crippen molar-refractivity contribution in [1.29, 1.82) is 0 Å². The highest BCUT2D eigenvalue weighted by Crippen LogP contribution is 2.46. The lowest BCUT2D eigenvalue weighted by Gasteiger charge is -2.04. The molecule has 1 aromatic heterocycles. The van der Waals surface area contributed by atoms with Gasteiger partial charge in [-0.2, -0.15) is 5.10 Å². The van der Waals surface area contributed by atoms with E-state index in [1.54, 1.807) is 12.3 Å². The van der Waals surface area contributed by atoms with Crippen LogP contribution in [0.2, 0.25) is 0 Å². The topological polar surface area (TPSA) is 45.8 Å². The lowest BCUT2D eigenvalue weighted by molar-refractivity contribution is 0.766. The third kappa shape index (κ3) is 1.06. The van der Waals surface area contributed by atoms with Crippen LogP contribution >= 0.6 is 0 Å². The first-order valence-electron chi connectivity index (χ1n) is 3.76. The summed E-state index contributed by atoms with van der Waals surface area (Å²) in [5.41, 5.74) is 1.22. The van der Waals surface area contributed by atoms with Gasteiger partial charge in [0, 0.05) is 6.07 Å². The Kier molecular flexibility index (Phi) is 1.16. The van der Waals surface area contributed by atoms with Gasteiger partial charge >= 0.3 is 0 Å². The number of aromatic amines is 1. The van der Waals surface area contributed by atoms with Gasteiger partial charge in [0.15, 0.2) is 0 Å². The zero-order chi connectivity index (χ0) is 7.90. The van der Waals surface area contributed by atoms with Gasteiger partial charge < -0.3 is 0 Å². The molecule has 0 amide bonds. The highest BCUT2D eigenvalue weighted by atomic mass is 16.1. The van der Waals surface area contributed by atoms with Crippen molar-refractivity contribution < 1.29 is 0 Å². The Hall–Kier alpha value is -1.12. The minimum atomic E-state index is -0.101. The van der Waals surface area contributed by atoms with Crippen molar-refractivity contribution >= 4 is 0 Å². The van der Waals surface area contributed by atoms with Crippen LogP contribution in [0.3, 0.4) is 0 Å². The van der Waals surface area contributed by atoms with Gasteiger partial charge in [-0.1, -0.05) is 6.92 Å². The fourth-order valence-corrected chi connectivity index (χ4v) is 1.18. The van der Waals surface area contributed by atoms with Crippen molar-refractivity contribution in [3.63, 3.8) is 0 Å². The predicted molar refractivity (Wildman–Crippen MR) is 41.4 cm³/mol. The summed E-state index contributed by atoms with van der Waals surface area (Å²) in [4.78, 5) is 10.8. The van der Waals surface area contributed by atoms with E-state index in [4.69, 9.17) is 0 Å². The van der Waals surface area contributed by atoms with Crippen LogP contribution in [0.4, 0.5) is 0 Å². The Morgan fingerprint density at radius 1 is 1.64 bits per heavy atom. The highest BCUT2D eigenvalue weighted by molar-refractivity contribution is 5.25. The molecule has 0 aliphatic heterocycles. The molecule has 0 saturated heterocycles. The SMILES string of the molecule is CC1(c2cn[nH]c(=O)c2)CC1. The van der Waals surface area contributed by atoms with E-state index in [1.807, 2.05) is 0 Å². The van der Waals surface area contributed by atoms with E-state index in [0.717, 1.165) is 5.56 Å². The first-order chi connectivity index (χ1) is 5.21. The van der Waals surface area contributed by atoms with Gasteiger partial charge in [0.25, 0.3) is 5.56 Å². The molecule has 1 aromatic rings. The number of nitrogens with one attached hydrogen (secondary N) is 1. The molecular formula is C8H10N2O. The summed E-state index contributed by atoms with van der Waals surface area (Å²) >= 11 is 0. The fourth-order valence-electron chi connectivity index (χ4n) is 1.18. The molecule has 3 heteroatoms. The first-order valence-corrected chi connectivity index (χ1v) is 3.76. The Balaban J connectivity index is 2.46. The lowest BCUT2D eigenvalue weighted by Crippen LogP contribution is -2.11. The van der Waals surface area contributed by atoms with Gasteiger partial charge in [-0.05, 0) is 23.8 Å². The predicted octanol–water partition coefficient (Wildman–Crippen LogP) is 0.821. The van der Waals surface area contributed by atoms with E-state index < -0.39 is 0 Å². The standard InChI is InChI=1S/C8H10N2O/c1-8(2-3-8)6-4-7(11)10-9-5-6/h4-5H,2-3H2,1H3,(H,10,11). The van der Waals surface area contributed by atoms with E-state index in [-0.39, 0.29) is 11.0 Å². The van der Waals surface area contributed by atoms with E-state index >= 15 is 0 Å². The molecule has 11 heavy (non-hydrogen) atoms. The molecule has 0 atom stereocenters. The first kappa shape index (κ1) is 6.58.